The van der Waals surface area contributed by atoms with Crippen LogP contribution in [0.3, 0.4) is 0 Å². The summed E-state index contributed by atoms with van der Waals surface area (Å²) in [5.74, 6) is 1.50. The minimum Gasteiger partial charge on any atom is -0.373 e. The number of anilines is 1. The molecule has 0 bridgehead atoms. The highest BCUT2D eigenvalue weighted by molar-refractivity contribution is 5.58. The molecule has 2 aromatic rings. The van der Waals surface area contributed by atoms with E-state index in [1.54, 1.807) is 19.1 Å². The molecule has 1 heterocycles. The fraction of sp³-hybridized carbons (Fsp3) is 0.333. The molecule has 0 fully saturated rings. The van der Waals surface area contributed by atoms with Gasteiger partial charge in [0.2, 0.25) is 0 Å². The lowest BCUT2D eigenvalue weighted by Gasteiger charge is -2.10. The molecule has 100 valence electrons. The van der Waals surface area contributed by atoms with E-state index in [9.17, 15) is 4.39 Å². The van der Waals surface area contributed by atoms with Gasteiger partial charge in [-0.2, -0.15) is 0 Å². The quantitative estimate of drug-likeness (QED) is 0.912. The molecule has 0 unspecified atom stereocenters. The standard InChI is InChI=1S/C15H18FN3/c1-9(2)13-8-14(17-4)19-15(18-13)11-5-6-12(16)10(3)7-11/h5-9H,1-4H3,(H,17,18,19). The Labute approximate surface area is 112 Å². The van der Waals surface area contributed by atoms with Gasteiger partial charge in [-0.15, -0.1) is 0 Å². The van der Waals surface area contributed by atoms with Crippen molar-refractivity contribution in [2.75, 3.05) is 12.4 Å². The van der Waals surface area contributed by atoms with Crippen molar-refractivity contribution in [1.82, 2.24) is 9.97 Å². The number of halogens is 1. The predicted molar refractivity (Wildman–Crippen MR) is 75.8 cm³/mol. The van der Waals surface area contributed by atoms with Gasteiger partial charge in [-0.3, -0.25) is 0 Å². The molecule has 19 heavy (non-hydrogen) atoms. The van der Waals surface area contributed by atoms with Crippen LogP contribution in [0.1, 0.15) is 31.0 Å². The van der Waals surface area contributed by atoms with Crippen LogP contribution < -0.4 is 5.32 Å². The number of nitrogens with zero attached hydrogens (tertiary/aromatic N) is 2. The van der Waals surface area contributed by atoms with E-state index in [0.717, 1.165) is 17.1 Å². The van der Waals surface area contributed by atoms with Crippen LogP contribution in [-0.2, 0) is 0 Å². The molecule has 0 saturated heterocycles. The lowest BCUT2D eigenvalue weighted by Crippen LogP contribution is -2.02. The van der Waals surface area contributed by atoms with Gasteiger partial charge >= 0.3 is 0 Å². The molecular formula is C15H18FN3. The Kier molecular flexibility index (Phi) is 3.79. The van der Waals surface area contributed by atoms with Gasteiger partial charge in [0, 0.05) is 24.4 Å². The molecule has 0 aliphatic rings. The van der Waals surface area contributed by atoms with Crippen LogP contribution in [0.5, 0.6) is 0 Å². The molecule has 1 N–H and O–H groups in total. The van der Waals surface area contributed by atoms with E-state index in [4.69, 9.17) is 0 Å². The summed E-state index contributed by atoms with van der Waals surface area (Å²) in [5, 5.41) is 3.03. The van der Waals surface area contributed by atoms with E-state index >= 15 is 0 Å². The lowest BCUT2D eigenvalue weighted by molar-refractivity contribution is 0.618. The first-order valence-electron chi connectivity index (χ1n) is 6.34. The average Bonchev–Trinajstić information content (AvgIpc) is 2.41. The van der Waals surface area contributed by atoms with Crippen molar-refractivity contribution in [1.29, 1.82) is 0 Å². The Balaban J connectivity index is 2.54. The predicted octanol–water partition coefficient (Wildman–Crippen LogP) is 3.76. The minimum absolute atomic E-state index is 0.211. The fourth-order valence-electron chi connectivity index (χ4n) is 1.80. The number of aryl methyl sites for hydroxylation is 1. The molecule has 0 atom stereocenters. The first-order chi connectivity index (χ1) is 9.01. The third-order valence-corrected chi connectivity index (χ3v) is 3.01. The summed E-state index contributed by atoms with van der Waals surface area (Å²) < 4.78 is 13.3. The lowest BCUT2D eigenvalue weighted by atomic mass is 10.1. The molecule has 0 spiro atoms. The van der Waals surface area contributed by atoms with Crippen molar-refractivity contribution >= 4 is 5.82 Å². The molecule has 0 aliphatic carbocycles. The summed E-state index contributed by atoms with van der Waals surface area (Å²) in [6.07, 6.45) is 0. The summed E-state index contributed by atoms with van der Waals surface area (Å²) in [7, 11) is 1.83. The molecule has 3 nitrogen and oxygen atoms in total. The number of rotatable bonds is 3. The summed E-state index contributed by atoms with van der Waals surface area (Å²) in [5.41, 5.74) is 2.40. The normalized spacial score (nSPS) is 10.8. The molecule has 0 radical (unpaired) electrons. The largest absolute Gasteiger partial charge is 0.373 e. The fourth-order valence-corrected chi connectivity index (χ4v) is 1.80. The third-order valence-electron chi connectivity index (χ3n) is 3.01. The smallest absolute Gasteiger partial charge is 0.161 e. The van der Waals surface area contributed by atoms with Crippen molar-refractivity contribution in [3.63, 3.8) is 0 Å². The second-order valence-electron chi connectivity index (χ2n) is 4.87. The van der Waals surface area contributed by atoms with Crippen LogP contribution in [0.4, 0.5) is 10.2 Å². The Morgan fingerprint density at radius 3 is 2.47 bits per heavy atom. The maximum absolute atomic E-state index is 13.3. The molecule has 0 aliphatic heterocycles. The number of hydrogen-bond donors (Lipinski definition) is 1. The van der Waals surface area contributed by atoms with Crippen molar-refractivity contribution < 1.29 is 4.39 Å². The number of nitrogens with one attached hydrogen (secondary N) is 1. The van der Waals surface area contributed by atoms with Crippen LogP contribution in [0, 0.1) is 12.7 Å². The van der Waals surface area contributed by atoms with Crippen molar-refractivity contribution in [2.45, 2.75) is 26.7 Å². The van der Waals surface area contributed by atoms with E-state index in [-0.39, 0.29) is 5.82 Å². The highest BCUT2D eigenvalue weighted by Gasteiger charge is 2.10. The van der Waals surface area contributed by atoms with E-state index in [2.05, 4.69) is 29.1 Å². The first kappa shape index (κ1) is 13.5. The maximum Gasteiger partial charge on any atom is 0.161 e. The third kappa shape index (κ3) is 2.89. The molecular weight excluding hydrogens is 241 g/mol. The molecule has 0 amide bonds. The SMILES string of the molecule is CNc1cc(C(C)C)nc(-c2ccc(F)c(C)c2)n1. The number of hydrogen-bond acceptors (Lipinski definition) is 3. The Bertz CT molecular complexity index is 594. The van der Waals surface area contributed by atoms with E-state index in [0.29, 0.717) is 17.3 Å². The number of benzene rings is 1. The van der Waals surface area contributed by atoms with Gasteiger partial charge in [0.05, 0.1) is 0 Å². The summed E-state index contributed by atoms with van der Waals surface area (Å²) in [6.45, 7) is 5.91. The second-order valence-corrected chi connectivity index (χ2v) is 4.87. The molecule has 1 aromatic heterocycles. The van der Waals surface area contributed by atoms with Gasteiger partial charge in [-0.25, -0.2) is 14.4 Å². The highest BCUT2D eigenvalue weighted by Crippen LogP contribution is 2.23. The van der Waals surface area contributed by atoms with Gasteiger partial charge in [0.15, 0.2) is 5.82 Å². The summed E-state index contributed by atoms with van der Waals surface area (Å²) >= 11 is 0. The maximum atomic E-state index is 13.3. The second kappa shape index (κ2) is 5.34. The Morgan fingerprint density at radius 1 is 1.16 bits per heavy atom. The zero-order valence-corrected chi connectivity index (χ0v) is 11.7. The van der Waals surface area contributed by atoms with E-state index in [1.807, 2.05) is 13.1 Å². The summed E-state index contributed by atoms with van der Waals surface area (Å²) in [4.78, 5) is 8.98. The minimum atomic E-state index is -0.211. The van der Waals surface area contributed by atoms with Gasteiger partial charge in [-0.05, 0) is 36.6 Å². The van der Waals surface area contributed by atoms with Crippen molar-refractivity contribution in [3.8, 4) is 11.4 Å². The molecule has 0 saturated carbocycles. The Morgan fingerprint density at radius 2 is 1.89 bits per heavy atom. The van der Waals surface area contributed by atoms with E-state index < -0.39 is 0 Å². The van der Waals surface area contributed by atoms with Crippen LogP contribution in [0.15, 0.2) is 24.3 Å². The van der Waals surface area contributed by atoms with E-state index in [1.165, 1.54) is 6.07 Å². The zero-order valence-electron chi connectivity index (χ0n) is 11.7. The topological polar surface area (TPSA) is 37.8 Å². The van der Waals surface area contributed by atoms with Crippen LogP contribution in [0.25, 0.3) is 11.4 Å². The monoisotopic (exact) mass is 259 g/mol. The number of aromatic nitrogens is 2. The first-order valence-corrected chi connectivity index (χ1v) is 6.34. The van der Waals surface area contributed by atoms with Crippen LogP contribution in [-0.4, -0.2) is 17.0 Å². The summed E-state index contributed by atoms with van der Waals surface area (Å²) in [6, 6.07) is 6.87. The molecule has 1 aromatic carbocycles. The van der Waals surface area contributed by atoms with Crippen molar-refractivity contribution in [3.05, 3.63) is 41.3 Å². The zero-order chi connectivity index (χ0) is 14.0. The highest BCUT2D eigenvalue weighted by atomic mass is 19.1. The van der Waals surface area contributed by atoms with Gasteiger partial charge < -0.3 is 5.32 Å². The molecule has 2 rings (SSSR count). The van der Waals surface area contributed by atoms with Gasteiger partial charge in [0.25, 0.3) is 0 Å². The molecule has 4 heteroatoms. The van der Waals surface area contributed by atoms with Crippen LogP contribution >= 0.6 is 0 Å². The van der Waals surface area contributed by atoms with Crippen LogP contribution in [0.2, 0.25) is 0 Å². The van der Waals surface area contributed by atoms with Gasteiger partial charge in [0.1, 0.15) is 11.6 Å². The van der Waals surface area contributed by atoms with Gasteiger partial charge in [-0.1, -0.05) is 13.8 Å². The average molecular weight is 259 g/mol. The Hall–Kier alpha value is -1.97. The van der Waals surface area contributed by atoms with Crippen molar-refractivity contribution in [2.24, 2.45) is 0 Å².